The van der Waals surface area contributed by atoms with Gasteiger partial charge < -0.3 is 35.0 Å². The van der Waals surface area contributed by atoms with Gasteiger partial charge >= 0.3 is 24.3 Å². The van der Waals surface area contributed by atoms with Crippen molar-refractivity contribution in [3.8, 4) is 17.1 Å². The minimum Gasteiger partial charge on any atom is -0.491 e. The first-order valence-corrected chi connectivity index (χ1v) is 13.1. The molecule has 3 aromatic rings. The Morgan fingerprint density at radius 1 is 1.05 bits per heavy atom. The molecule has 1 atom stereocenters. The number of halogens is 7. The highest BCUT2D eigenvalue weighted by atomic mass is 79.9. The minimum atomic E-state index is -5.08. The maximum Gasteiger partial charge on any atom is 0.490 e. The van der Waals surface area contributed by atoms with E-state index in [1.54, 1.807) is 6.20 Å². The molecule has 1 fully saturated rings. The number of carbonyl (C=O) groups is 2. The summed E-state index contributed by atoms with van der Waals surface area (Å²) in [6, 6.07) is 9.59. The highest BCUT2D eigenvalue weighted by molar-refractivity contribution is 9.10. The molecule has 18 heteroatoms. The number of aromatic amines is 1. The molecule has 11 nitrogen and oxygen atoms in total. The zero-order valence-corrected chi connectivity index (χ0v) is 23.7. The predicted octanol–water partition coefficient (Wildman–Crippen LogP) is 4.10. The number of H-pyrrole nitrogens is 1. The number of alkyl halides is 6. The van der Waals surface area contributed by atoms with E-state index in [-0.39, 0.29) is 13.2 Å². The first-order chi connectivity index (χ1) is 20.0. The second kappa shape index (κ2) is 15.8. The number of carboxylic acids is 2. The van der Waals surface area contributed by atoms with Crippen molar-refractivity contribution in [2.75, 3.05) is 32.8 Å². The Labute approximate surface area is 248 Å². The van der Waals surface area contributed by atoms with E-state index >= 15 is 0 Å². The molecule has 0 spiro atoms. The van der Waals surface area contributed by atoms with Crippen molar-refractivity contribution in [3.63, 3.8) is 0 Å². The average Bonchev–Trinajstić information content (AvgIpc) is 3.35. The number of nitrogens with zero attached hydrogens (tertiary/aromatic N) is 3. The summed E-state index contributed by atoms with van der Waals surface area (Å²) >= 11 is 3.41. The van der Waals surface area contributed by atoms with E-state index in [0.717, 1.165) is 47.3 Å². The number of nitrogens with one attached hydrogen (secondary N) is 1. The largest absolute Gasteiger partial charge is 0.491 e. The molecule has 0 bridgehead atoms. The molecule has 4 rings (SSSR count). The third-order valence-electron chi connectivity index (χ3n) is 5.79. The molecule has 5 N–H and O–H groups in total. The third kappa shape index (κ3) is 12.3. The maximum atomic E-state index is 10.6. The fraction of sp³-hybridized carbons (Fsp3) is 0.440. The smallest absolute Gasteiger partial charge is 0.490 e. The summed E-state index contributed by atoms with van der Waals surface area (Å²) in [5, 5.41) is 33.7. The molecule has 2 aromatic heterocycles. The zero-order chi connectivity index (χ0) is 32.4. The summed E-state index contributed by atoms with van der Waals surface area (Å²) in [6.07, 6.45) is -7.01. The van der Waals surface area contributed by atoms with E-state index < -0.39 is 30.4 Å². The molecule has 1 unspecified atom stereocenters. The van der Waals surface area contributed by atoms with Gasteiger partial charge in [-0.1, -0.05) is 0 Å². The van der Waals surface area contributed by atoms with E-state index in [1.807, 2.05) is 30.3 Å². The van der Waals surface area contributed by atoms with E-state index in [1.165, 1.54) is 0 Å². The van der Waals surface area contributed by atoms with Crippen LogP contribution in [0.2, 0.25) is 0 Å². The number of β-amino-alcohol motifs (C(OH)–C–C–N with tert-alkyl or cyclic N) is 1. The number of ether oxygens (including phenoxy) is 1. The number of likely N-dealkylation sites (tertiary alicyclic amines) is 1. The van der Waals surface area contributed by atoms with Gasteiger partial charge in [0.2, 0.25) is 0 Å². The molecular formula is C25H27BrF6N4O7. The standard InChI is InChI=1S/C21H25BrN4O3.2C2HF3O2/c22-16-9-19-21(23-10-16)25-20(24-19)15-1-3-18(4-2-15)29-13-17(28)11-26-7-5-14(12-27)6-8-26;2*3-2(4,5)1(6)7/h1-4,9-10,14,17,27-28H,5-8,11-13H2,(H,23,24,25);2*(H,6,7). The summed E-state index contributed by atoms with van der Waals surface area (Å²) in [6.45, 7) is 2.94. The van der Waals surface area contributed by atoms with Gasteiger partial charge in [0, 0.05) is 29.4 Å². The van der Waals surface area contributed by atoms with Crippen LogP contribution in [0, 0.1) is 5.92 Å². The summed E-state index contributed by atoms with van der Waals surface area (Å²) in [5.74, 6) is -3.64. The van der Waals surface area contributed by atoms with E-state index in [2.05, 4.69) is 35.8 Å². The van der Waals surface area contributed by atoms with Gasteiger partial charge in [-0.2, -0.15) is 26.3 Å². The molecule has 0 amide bonds. The van der Waals surface area contributed by atoms with Gasteiger partial charge in [0.15, 0.2) is 5.65 Å². The Hall–Kier alpha value is -3.48. The third-order valence-corrected chi connectivity index (χ3v) is 6.23. The number of piperidine rings is 1. The molecule has 3 heterocycles. The van der Waals surface area contributed by atoms with Crippen LogP contribution in [0.3, 0.4) is 0 Å². The topological polar surface area (TPSA) is 169 Å². The Morgan fingerprint density at radius 2 is 1.58 bits per heavy atom. The van der Waals surface area contributed by atoms with E-state index in [9.17, 15) is 36.6 Å². The molecule has 1 aromatic carbocycles. The molecule has 0 radical (unpaired) electrons. The van der Waals surface area contributed by atoms with Crippen LogP contribution in [0.1, 0.15) is 12.8 Å². The number of imidazole rings is 1. The minimum absolute atomic E-state index is 0.252. The number of rotatable bonds is 7. The highest BCUT2D eigenvalue weighted by Gasteiger charge is 2.38. The molecule has 43 heavy (non-hydrogen) atoms. The number of hydrogen-bond acceptors (Lipinski definition) is 8. The highest BCUT2D eigenvalue weighted by Crippen LogP contribution is 2.24. The summed E-state index contributed by atoms with van der Waals surface area (Å²) in [4.78, 5) is 32.1. The monoisotopic (exact) mass is 688 g/mol. The van der Waals surface area contributed by atoms with Crippen LogP contribution in [-0.2, 0) is 9.59 Å². The van der Waals surface area contributed by atoms with Crippen LogP contribution < -0.4 is 4.74 Å². The lowest BCUT2D eigenvalue weighted by Crippen LogP contribution is -2.41. The van der Waals surface area contributed by atoms with Crippen LogP contribution in [0.4, 0.5) is 26.3 Å². The van der Waals surface area contributed by atoms with Crippen LogP contribution in [0.15, 0.2) is 41.0 Å². The van der Waals surface area contributed by atoms with Gasteiger partial charge in [-0.3, -0.25) is 0 Å². The van der Waals surface area contributed by atoms with Crippen molar-refractivity contribution >= 4 is 39.0 Å². The van der Waals surface area contributed by atoms with Gasteiger partial charge in [-0.15, -0.1) is 0 Å². The van der Waals surface area contributed by atoms with Crippen molar-refractivity contribution in [2.24, 2.45) is 5.92 Å². The van der Waals surface area contributed by atoms with Crippen molar-refractivity contribution in [2.45, 2.75) is 31.3 Å². The number of pyridine rings is 1. The lowest BCUT2D eigenvalue weighted by Gasteiger charge is -2.32. The summed E-state index contributed by atoms with van der Waals surface area (Å²) < 4.78 is 70.1. The lowest BCUT2D eigenvalue weighted by molar-refractivity contribution is -0.193. The van der Waals surface area contributed by atoms with Crippen molar-refractivity contribution in [1.82, 2.24) is 19.9 Å². The summed E-state index contributed by atoms with van der Waals surface area (Å²) in [7, 11) is 0. The quantitative estimate of drug-likeness (QED) is 0.228. The molecule has 0 aliphatic carbocycles. The van der Waals surface area contributed by atoms with Crippen molar-refractivity contribution in [1.29, 1.82) is 0 Å². The fourth-order valence-electron chi connectivity index (χ4n) is 3.62. The Bertz CT molecular complexity index is 1310. The fourth-order valence-corrected chi connectivity index (χ4v) is 3.95. The maximum absolute atomic E-state index is 10.6. The number of aliphatic hydroxyl groups excluding tert-OH is 2. The van der Waals surface area contributed by atoms with E-state index in [0.29, 0.717) is 23.9 Å². The van der Waals surface area contributed by atoms with Gasteiger partial charge in [0.1, 0.15) is 24.3 Å². The average molecular weight is 689 g/mol. The molecule has 238 valence electrons. The Balaban J connectivity index is 0.000000384. The molecule has 1 saturated heterocycles. The molecular weight excluding hydrogens is 662 g/mol. The first-order valence-electron chi connectivity index (χ1n) is 12.4. The van der Waals surface area contributed by atoms with Gasteiger partial charge in [0.25, 0.3) is 0 Å². The molecule has 0 saturated carbocycles. The van der Waals surface area contributed by atoms with Gasteiger partial charge in [-0.25, -0.2) is 19.6 Å². The number of carboxylic acid groups (broad SMARTS) is 2. The first kappa shape index (κ1) is 35.7. The number of aliphatic carboxylic acids is 2. The lowest BCUT2D eigenvalue weighted by atomic mass is 9.98. The second-order valence-corrected chi connectivity index (χ2v) is 10.0. The Morgan fingerprint density at radius 3 is 2.07 bits per heavy atom. The SMILES string of the molecule is O=C(O)C(F)(F)F.O=C(O)C(F)(F)F.OCC1CCN(CC(O)COc2ccc(-c3nc4ncc(Br)cc4[nH]3)cc2)CC1. The predicted molar refractivity (Wildman–Crippen MR) is 142 cm³/mol. The van der Waals surface area contributed by atoms with Crippen LogP contribution >= 0.6 is 15.9 Å². The molecule has 1 aliphatic rings. The van der Waals surface area contributed by atoms with E-state index in [4.69, 9.17) is 24.5 Å². The number of benzene rings is 1. The number of hydrogen-bond donors (Lipinski definition) is 5. The van der Waals surface area contributed by atoms with Crippen LogP contribution in [-0.4, -0.2) is 104 Å². The Kier molecular flexibility index (Phi) is 13.2. The van der Waals surface area contributed by atoms with Gasteiger partial charge in [0.05, 0.1) is 5.52 Å². The van der Waals surface area contributed by atoms with Crippen molar-refractivity contribution < 1.29 is 61.1 Å². The van der Waals surface area contributed by atoms with Crippen LogP contribution in [0.25, 0.3) is 22.6 Å². The number of fused-ring (bicyclic) bond motifs is 1. The second-order valence-electron chi connectivity index (χ2n) is 9.13. The van der Waals surface area contributed by atoms with Crippen molar-refractivity contribution in [3.05, 3.63) is 41.0 Å². The molecule has 1 aliphatic heterocycles. The zero-order valence-electron chi connectivity index (χ0n) is 22.1. The number of aromatic nitrogens is 3. The summed E-state index contributed by atoms with van der Waals surface area (Å²) in [5.41, 5.74) is 2.49. The normalized spacial score (nSPS) is 15.1. The number of aliphatic hydroxyl groups is 2. The van der Waals surface area contributed by atoms with Gasteiger partial charge in [-0.05, 0) is 78.1 Å². The van der Waals surface area contributed by atoms with Crippen LogP contribution in [0.5, 0.6) is 5.75 Å².